The van der Waals surface area contributed by atoms with E-state index in [2.05, 4.69) is 16.8 Å². The molecule has 1 aliphatic heterocycles. The fourth-order valence-electron chi connectivity index (χ4n) is 3.45. The predicted octanol–water partition coefficient (Wildman–Crippen LogP) is 3.78. The Bertz CT molecular complexity index is 552. The highest BCUT2D eigenvalue weighted by atomic mass is 35.5. The SMILES string of the molecule is CC1(c2ccc(Cl)c(Cl)c2)CN=C(N)N1C1CCCC1. The molecule has 2 N–H and O–H groups in total. The van der Waals surface area contributed by atoms with Crippen molar-refractivity contribution in [3.8, 4) is 0 Å². The van der Waals surface area contributed by atoms with E-state index in [9.17, 15) is 0 Å². The summed E-state index contributed by atoms with van der Waals surface area (Å²) in [6.07, 6.45) is 4.91. The Morgan fingerprint density at radius 1 is 1.25 bits per heavy atom. The van der Waals surface area contributed by atoms with E-state index in [1.54, 1.807) is 0 Å². The van der Waals surface area contributed by atoms with E-state index >= 15 is 0 Å². The van der Waals surface area contributed by atoms with Gasteiger partial charge in [0.15, 0.2) is 5.96 Å². The predicted molar refractivity (Wildman–Crippen MR) is 84.4 cm³/mol. The Labute approximate surface area is 129 Å². The Hall–Kier alpha value is -0.930. The maximum atomic E-state index is 6.18. The maximum Gasteiger partial charge on any atom is 0.192 e. The normalized spacial score (nSPS) is 27.1. The fraction of sp³-hybridized carbons (Fsp3) is 0.533. The zero-order valence-electron chi connectivity index (χ0n) is 11.6. The van der Waals surface area contributed by atoms with Crippen LogP contribution >= 0.6 is 23.2 Å². The number of nitrogens with two attached hydrogens (primary N) is 1. The Kier molecular flexibility index (Phi) is 3.59. The smallest absolute Gasteiger partial charge is 0.192 e. The first-order valence-corrected chi connectivity index (χ1v) is 7.83. The van der Waals surface area contributed by atoms with Gasteiger partial charge in [-0.3, -0.25) is 4.99 Å². The molecule has 0 amide bonds. The molecule has 5 heteroatoms. The molecule has 2 aliphatic rings. The van der Waals surface area contributed by atoms with Crippen LogP contribution in [0.1, 0.15) is 38.2 Å². The number of guanidine groups is 1. The van der Waals surface area contributed by atoms with Crippen molar-refractivity contribution < 1.29 is 0 Å². The lowest BCUT2D eigenvalue weighted by atomic mass is 9.89. The van der Waals surface area contributed by atoms with Crippen molar-refractivity contribution in [1.29, 1.82) is 0 Å². The summed E-state index contributed by atoms with van der Waals surface area (Å²) in [7, 11) is 0. The van der Waals surface area contributed by atoms with Crippen LogP contribution in [0.4, 0.5) is 0 Å². The van der Waals surface area contributed by atoms with E-state index < -0.39 is 0 Å². The van der Waals surface area contributed by atoms with Gasteiger partial charge in [-0.25, -0.2) is 0 Å². The molecule has 0 bridgehead atoms. The molecule has 20 heavy (non-hydrogen) atoms. The molecule has 1 saturated carbocycles. The summed E-state index contributed by atoms with van der Waals surface area (Å²) in [5.74, 6) is 0.658. The molecule has 3 rings (SSSR count). The standard InChI is InChI=1S/C15H19Cl2N3/c1-15(10-6-7-12(16)13(17)8-10)9-19-14(18)20(15)11-4-2-3-5-11/h6-8,11H,2-5,9H2,1H3,(H2,18,19). The van der Waals surface area contributed by atoms with Gasteiger partial charge in [0, 0.05) is 6.04 Å². The molecule has 1 atom stereocenters. The molecule has 1 unspecified atom stereocenters. The molecular formula is C15H19Cl2N3. The van der Waals surface area contributed by atoms with Crippen LogP contribution in [0.25, 0.3) is 0 Å². The number of rotatable bonds is 2. The van der Waals surface area contributed by atoms with Crippen molar-refractivity contribution in [3.05, 3.63) is 33.8 Å². The minimum absolute atomic E-state index is 0.215. The van der Waals surface area contributed by atoms with Gasteiger partial charge in [0.2, 0.25) is 0 Å². The number of benzene rings is 1. The monoisotopic (exact) mass is 311 g/mol. The van der Waals surface area contributed by atoms with Crippen LogP contribution in [0.3, 0.4) is 0 Å². The minimum atomic E-state index is -0.215. The van der Waals surface area contributed by atoms with E-state index in [1.807, 2.05) is 18.2 Å². The zero-order valence-corrected chi connectivity index (χ0v) is 13.1. The maximum absolute atomic E-state index is 6.18. The first kappa shape index (κ1) is 14.0. The van der Waals surface area contributed by atoms with Crippen molar-refractivity contribution in [2.45, 2.75) is 44.2 Å². The lowest BCUT2D eigenvalue weighted by Gasteiger charge is -2.41. The van der Waals surface area contributed by atoms with Gasteiger partial charge in [-0.1, -0.05) is 42.1 Å². The van der Waals surface area contributed by atoms with E-state index in [1.165, 1.54) is 25.7 Å². The number of aliphatic imine (C=N–C) groups is 1. The molecular weight excluding hydrogens is 293 g/mol. The van der Waals surface area contributed by atoms with Crippen LogP contribution in [0.2, 0.25) is 10.0 Å². The summed E-state index contributed by atoms with van der Waals surface area (Å²) in [6, 6.07) is 6.32. The third-order valence-electron chi connectivity index (χ3n) is 4.56. The largest absolute Gasteiger partial charge is 0.370 e. The summed E-state index contributed by atoms with van der Waals surface area (Å²) in [5, 5.41) is 1.17. The first-order valence-electron chi connectivity index (χ1n) is 7.07. The van der Waals surface area contributed by atoms with Gasteiger partial charge in [0.05, 0.1) is 22.1 Å². The van der Waals surface area contributed by atoms with E-state index in [-0.39, 0.29) is 5.54 Å². The quantitative estimate of drug-likeness (QED) is 0.903. The molecule has 1 heterocycles. The molecule has 1 fully saturated rings. The Morgan fingerprint density at radius 3 is 2.60 bits per heavy atom. The fourth-order valence-corrected chi connectivity index (χ4v) is 3.75. The highest BCUT2D eigenvalue weighted by Gasteiger charge is 2.44. The molecule has 108 valence electrons. The van der Waals surface area contributed by atoms with Gasteiger partial charge < -0.3 is 10.6 Å². The second-order valence-electron chi connectivity index (χ2n) is 5.89. The van der Waals surface area contributed by atoms with Crippen molar-refractivity contribution >= 4 is 29.2 Å². The average molecular weight is 312 g/mol. The second-order valence-corrected chi connectivity index (χ2v) is 6.70. The Balaban J connectivity index is 1.98. The molecule has 0 aromatic heterocycles. The summed E-state index contributed by atoms with van der Waals surface area (Å²) < 4.78 is 0. The number of hydrogen-bond acceptors (Lipinski definition) is 3. The van der Waals surface area contributed by atoms with Crippen molar-refractivity contribution in [3.63, 3.8) is 0 Å². The number of nitrogens with zero attached hydrogens (tertiary/aromatic N) is 2. The minimum Gasteiger partial charge on any atom is -0.370 e. The first-order chi connectivity index (χ1) is 9.52. The molecule has 0 spiro atoms. The summed E-state index contributed by atoms with van der Waals surface area (Å²) in [6.45, 7) is 2.86. The van der Waals surface area contributed by atoms with Gasteiger partial charge in [-0.05, 0) is 37.5 Å². The molecule has 0 saturated heterocycles. The van der Waals surface area contributed by atoms with E-state index in [0.717, 1.165) is 5.56 Å². The Morgan fingerprint density at radius 2 is 1.95 bits per heavy atom. The highest BCUT2D eigenvalue weighted by Crippen LogP contribution is 2.40. The van der Waals surface area contributed by atoms with Crippen LogP contribution in [0.15, 0.2) is 23.2 Å². The van der Waals surface area contributed by atoms with Crippen molar-refractivity contribution in [2.75, 3.05) is 6.54 Å². The average Bonchev–Trinajstić information content (AvgIpc) is 3.02. The second kappa shape index (κ2) is 5.12. The summed E-state index contributed by atoms with van der Waals surface area (Å²) >= 11 is 12.2. The van der Waals surface area contributed by atoms with E-state index in [4.69, 9.17) is 28.9 Å². The zero-order chi connectivity index (χ0) is 14.3. The van der Waals surface area contributed by atoms with Crippen LogP contribution < -0.4 is 5.73 Å². The molecule has 1 aromatic rings. The molecule has 1 aliphatic carbocycles. The molecule has 1 aromatic carbocycles. The number of hydrogen-bond donors (Lipinski definition) is 1. The van der Waals surface area contributed by atoms with Crippen LogP contribution in [0, 0.1) is 0 Å². The van der Waals surface area contributed by atoms with Crippen LogP contribution in [0.5, 0.6) is 0 Å². The van der Waals surface area contributed by atoms with Crippen LogP contribution in [-0.2, 0) is 5.54 Å². The third-order valence-corrected chi connectivity index (χ3v) is 5.30. The van der Waals surface area contributed by atoms with E-state index in [0.29, 0.717) is 28.6 Å². The summed E-state index contributed by atoms with van der Waals surface area (Å²) in [5.41, 5.74) is 7.07. The summed E-state index contributed by atoms with van der Waals surface area (Å²) in [4.78, 5) is 6.78. The third kappa shape index (κ3) is 2.17. The van der Waals surface area contributed by atoms with Gasteiger partial charge in [-0.2, -0.15) is 0 Å². The van der Waals surface area contributed by atoms with Gasteiger partial charge in [0.25, 0.3) is 0 Å². The van der Waals surface area contributed by atoms with Gasteiger partial charge >= 0.3 is 0 Å². The molecule has 0 radical (unpaired) electrons. The lowest BCUT2D eigenvalue weighted by molar-refractivity contribution is 0.167. The lowest BCUT2D eigenvalue weighted by Crippen LogP contribution is -2.52. The highest BCUT2D eigenvalue weighted by molar-refractivity contribution is 6.42. The van der Waals surface area contributed by atoms with Crippen molar-refractivity contribution in [2.24, 2.45) is 10.7 Å². The van der Waals surface area contributed by atoms with Gasteiger partial charge in [0.1, 0.15) is 0 Å². The van der Waals surface area contributed by atoms with Crippen molar-refractivity contribution in [1.82, 2.24) is 4.90 Å². The number of halogens is 2. The van der Waals surface area contributed by atoms with Gasteiger partial charge in [-0.15, -0.1) is 0 Å². The van der Waals surface area contributed by atoms with Crippen LogP contribution in [-0.4, -0.2) is 23.4 Å². The topological polar surface area (TPSA) is 41.6 Å². The molecule has 3 nitrogen and oxygen atoms in total.